The normalized spacial score (nSPS) is 12.2. The van der Waals surface area contributed by atoms with Gasteiger partial charge in [-0.15, -0.1) is 0 Å². The number of ether oxygens (including phenoxy) is 1. The van der Waals surface area contributed by atoms with Gasteiger partial charge in [0.25, 0.3) is 0 Å². The molecular formula is C15H15ClFNO. The first-order valence-electron chi connectivity index (χ1n) is 5.93. The Hall–Kier alpha value is -1.58. The molecule has 0 bridgehead atoms. The summed E-state index contributed by atoms with van der Waals surface area (Å²) in [5.41, 5.74) is 7.91. The number of benzene rings is 2. The minimum Gasteiger partial charge on any atom is -0.494 e. The van der Waals surface area contributed by atoms with Gasteiger partial charge >= 0.3 is 0 Å². The predicted molar refractivity (Wildman–Crippen MR) is 75.0 cm³/mol. The first-order valence-corrected chi connectivity index (χ1v) is 6.31. The van der Waals surface area contributed by atoms with Gasteiger partial charge in [-0.25, -0.2) is 4.39 Å². The zero-order chi connectivity index (χ0) is 13.8. The second kappa shape index (κ2) is 6.04. The molecule has 0 amide bonds. The molecule has 2 N–H and O–H groups in total. The predicted octanol–water partition coefficient (Wildman–Crippen LogP) is 3.73. The summed E-state index contributed by atoms with van der Waals surface area (Å²) in [6.45, 7) is 0. The molecule has 0 heterocycles. The fourth-order valence-electron chi connectivity index (χ4n) is 1.92. The van der Waals surface area contributed by atoms with Crippen LogP contribution in [0.2, 0.25) is 5.02 Å². The van der Waals surface area contributed by atoms with Crippen LogP contribution in [0.3, 0.4) is 0 Å². The molecule has 0 saturated heterocycles. The number of halogens is 2. The molecule has 0 aromatic heterocycles. The van der Waals surface area contributed by atoms with Crippen LogP contribution in [0.1, 0.15) is 17.2 Å². The lowest BCUT2D eigenvalue weighted by Gasteiger charge is -2.13. The van der Waals surface area contributed by atoms with Gasteiger partial charge in [-0.1, -0.05) is 29.8 Å². The molecule has 0 aliphatic rings. The highest BCUT2D eigenvalue weighted by Gasteiger charge is 2.09. The van der Waals surface area contributed by atoms with Crippen molar-refractivity contribution in [2.24, 2.45) is 5.73 Å². The van der Waals surface area contributed by atoms with Gasteiger partial charge in [0.2, 0.25) is 0 Å². The minimum absolute atomic E-state index is 0.190. The van der Waals surface area contributed by atoms with E-state index in [1.165, 1.54) is 13.2 Å². The molecule has 2 rings (SSSR count). The molecule has 100 valence electrons. The van der Waals surface area contributed by atoms with Crippen molar-refractivity contribution in [2.45, 2.75) is 12.5 Å². The summed E-state index contributed by atoms with van der Waals surface area (Å²) in [6, 6.07) is 12.0. The average Bonchev–Trinajstić information content (AvgIpc) is 2.39. The van der Waals surface area contributed by atoms with Crippen molar-refractivity contribution in [3.05, 3.63) is 64.4 Å². The number of rotatable bonds is 4. The fourth-order valence-corrected chi connectivity index (χ4v) is 2.04. The number of hydrogen-bond donors (Lipinski definition) is 1. The van der Waals surface area contributed by atoms with E-state index >= 15 is 0 Å². The number of methoxy groups -OCH3 is 1. The molecule has 2 aromatic rings. The van der Waals surface area contributed by atoms with Crippen LogP contribution in [-0.4, -0.2) is 7.11 Å². The van der Waals surface area contributed by atoms with Gasteiger partial charge in [-0.2, -0.15) is 0 Å². The fraction of sp³-hybridized carbons (Fsp3) is 0.200. The van der Waals surface area contributed by atoms with Crippen LogP contribution in [0, 0.1) is 5.82 Å². The highest BCUT2D eigenvalue weighted by atomic mass is 35.5. The van der Waals surface area contributed by atoms with Gasteiger partial charge in [0.05, 0.1) is 7.11 Å². The van der Waals surface area contributed by atoms with Crippen LogP contribution in [-0.2, 0) is 6.42 Å². The van der Waals surface area contributed by atoms with E-state index in [-0.39, 0.29) is 17.6 Å². The minimum atomic E-state index is -0.372. The smallest absolute Gasteiger partial charge is 0.165 e. The molecule has 2 aromatic carbocycles. The molecule has 0 fully saturated rings. The largest absolute Gasteiger partial charge is 0.494 e. The third-order valence-corrected chi connectivity index (χ3v) is 3.22. The van der Waals surface area contributed by atoms with E-state index in [2.05, 4.69) is 0 Å². The van der Waals surface area contributed by atoms with E-state index in [1.807, 2.05) is 18.2 Å². The SMILES string of the molecule is COc1ccc(CC(N)c2ccc(Cl)cc2)cc1F. The Morgan fingerprint density at radius 2 is 1.89 bits per heavy atom. The Bertz CT molecular complexity index is 557. The Balaban J connectivity index is 2.12. The van der Waals surface area contributed by atoms with E-state index in [4.69, 9.17) is 22.1 Å². The molecule has 0 radical (unpaired) electrons. The summed E-state index contributed by atoms with van der Waals surface area (Å²) < 4.78 is 18.5. The first kappa shape index (κ1) is 13.8. The lowest BCUT2D eigenvalue weighted by molar-refractivity contribution is 0.386. The summed E-state index contributed by atoms with van der Waals surface area (Å²) in [5, 5.41) is 0.673. The van der Waals surface area contributed by atoms with E-state index in [1.54, 1.807) is 18.2 Å². The lowest BCUT2D eigenvalue weighted by Crippen LogP contribution is -2.13. The van der Waals surface area contributed by atoms with Crippen LogP contribution in [0.15, 0.2) is 42.5 Å². The van der Waals surface area contributed by atoms with Crippen molar-refractivity contribution in [3.63, 3.8) is 0 Å². The molecule has 1 atom stereocenters. The van der Waals surface area contributed by atoms with E-state index in [0.717, 1.165) is 11.1 Å². The van der Waals surface area contributed by atoms with Gasteiger partial charge < -0.3 is 10.5 Å². The van der Waals surface area contributed by atoms with Crippen molar-refractivity contribution in [1.29, 1.82) is 0 Å². The van der Waals surface area contributed by atoms with Gasteiger partial charge in [-0.3, -0.25) is 0 Å². The Morgan fingerprint density at radius 3 is 2.47 bits per heavy atom. The standard InChI is InChI=1S/C15H15ClFNO/c1-19-15-7-2-10(8-13(15)17)9-14(18)11-3-5-12(16)6-4-11/h2-8,14H,9,18H2,1H3. The monoisotopic (exact) mass is 279 g/mol. The van der Waals surface area contributed by atoms with Crippen LogP contribution in [0.4, 0.5) is 4.39 Å². The van der Waals surface area contributed by atoms with Crippen molar-refractivity contribution in [3.8, 4) is 5.75 Å². The maximum atomic E-state index is 13.6. The van der Waals surface area contributed by atoms with E-state index < -0.39 is 0 Å². The van der Waals surface area contributed by atoms with Crippen LogP contribution in [0.5, 0.6) is 5.75 Å². The van der Waals surface area contributed by atoms with E-state index in [9.17, 15) is 4.39 Å². The second-order valence-corrected chi connectivity index (χ2v) is 4.77. The highest BCUT2D eigenvalue weighted by molar-refractivity contribution is 6.30. The number of nitrogens with two attached hydrogens (primary N) is 1. The Morgan fingerprint density at radius 1 is 1.21 bits per heavy atom. The molecule has 4 heteroatoms. The first-order chi connectivity index (χ1) is 9.10. The quantitative estimate of drug-likeness (QED) is 0.925. The molecule has 1 unspecified atom stereocenters. The van der Waals surface area contributed by atoms with Crippen molar-refractivity contribution >= 4 is 11.6 Å². The van der Waals surface area contributed by atoms with E-state index in [0.29, 0.717) is 11.4 Å². The maximum absolute atomic E-state index is 13.6. The molecule has 2 nitrogen and oxygen atoms in total. The average molecular weight is 280 g/mol. The van der Waals surface area contributed by atoms with Crippen molar-refractivity contribution in [2.75, 3.05) is 7.11 Å². The van der Waals surface area contributed by atoms with Gasteiger partial charge in [-0.05, 0) is 41.8 Å². The number of hydrogen-bond acceptors (Lipinski definition) is 2. The topological polar surface area (TPSA) is 35.2 Å². The molecular weight excluding hydrogens is 265 g/mol. The third kappa shape index (κ3) is 3.46. The Kier molecular flexibility index (Phi) is 4.40. The third-order valence-electron chi connectivity index (χ3n) is 2.97. The van der Waals surface area contributed by atoms with Gasteiger partial charge in [0.15, 0.2) is 11.6 Å². The van der Waals surface area contributed by atoms with Crippen molar-refractivity contribution < 1.29 is 9.13 Å². The summed E-state index contributed by atoms with van der Waals surface area (Å²) in [7, 11) is 1.44. The summed E-state index contributed by atoms with van der Waals surface area (Å²) in [4.78, 5) is 0. The zero-order valence-corrected chi connectivity index (χ0v) is 11.3. The molecule has 0 spiro atoms. The summed E-state index contributed by atoms with van der Waals surface area (Å²) in [5.74, 6) is -0.132. The molecule has 19 heavy (non-hydrogen) atoms. The highest BCUT2D eigenvalue weighted by Crippen LogP contribution is 2.22. The van der Waals surface area contributed by atoms with Crippen LogP contribution in [0.25, 0.3) is 0 Å². The second-order valence-electron chi connectivity index (χ2n) is 4.33. The molecule has 0 saturated carbocycles. The Labute approximate surface area is 117 Å². The van der Waals surface area contributed by atoms with Gasteiger partial charge in [0, 0.05) is 11.1 Å². The maximum Gasteiger partial charge on any atom is 0.165 e. The van der Waals surface area contributed by atoms with Crippen molar-refractivity contribution in [1.82, 2.24) is 0 Å². The van der Waals surface area contributed by atoms with Gasteiger partial charge in [0.1, 0.15) is 0 Å². The lowest BCUT2D eigenvalue weighted by atomic mass is 9.99. The molecule has 0 aliphatic carbocycles. The summed E-state index contributed by atoms with van der Waals surface area (Å²) in [6.07, 6.45) is 0.558. The molecule has 0 aliphatic heterocycles. The van der Waals surface area contributed by atoms with Crippen LogP contribution >= 0.6 is 11.6 Å². The summed E-state index contributed by atoms with van der Waals surface area (Å²) >= 11 is 5.83. The van der Waals surface area contributed by atoms with Crippen LogP contribution < -0.4 is 10.5 Å². The zero-order valence-electron chi connectivity index (χ0n) is 10.6.